The second kappa shape index (κ2) is 14.4. The zero-order valence-corrected chi connectivity index (χ0v) is 23.9. The number of amides is 1. The van der Waals surface area contributed by atoms with Crippen molar-refractivity contribution in [3.8, 4) is 0 Å². The number of benzene rings is 2. The lowest BCUT2D eigenvalue weighted by Crippen LogP contribution is -2.42. The molecule has 1 N–H and O–H groups in total. The number of nitrogens with zero attached hydrogens (tertiary/aromatic N) is 1. The maximum absolute atomic E-state index is 14.2. The van der Waals surface area contributed by atoms with E-state index in [4.69, 9.17) is 9.26 Å². The molecule has 2 aromatic carbocycles. The number of hydrogen-bond acceptors (Lipinski definition) is 6. The lowest BCUT2D eigenvalue weighted by Gasteiger charge is -2.29. The van der Waals surface area contributed by atoms with Gasteiger partial charge >= 0.3 is 11.9 Å². The molecule has 9 heteroatoms. The average molecular weight is 558 g/mol. The Morgan fingerprint density at radius 1 is 1.03 bits per heavy atom. The molecule has 0 saturated carbocycles. The van der Waals surface area contributed by atoms with E-state index in [0.717, 1.165) is 24.0 Å². The van der Waals surface area contributed by atoms with Crippen LogP contribution in [0.3, 0.4) is 0 Å². The number of carboxylic acids is 1. The van der Waals surface area contributed by atoms with Gasteiger partial charge in [0.05, 0.1) is 0 Å². The standard InChI is InChI=1S/C30H40NO7P/c1-4-28(33)37-30(22(2)3)38-39(36,18-12-11-15-23-13-7-5-8-14-23)21-27(32)31-20-25(19-26(31)29(34)35)24-16-9-6-10-17-24/h5-10,13-14,16-17,22,25-26,30H,4,11-12,15,18-21H2,1-3H3,(H,34,35)/t25-,26+,30?,39?/m1/s1. The van der Waals surface area contributed by atoms with E-state index in [9.17, 15) is 24.1 Å². The van der Waals surface area contributed by atoms with Gasteiger partial charge in [0.2, 0.25) is 19.6 Å². The van der Waals surface area contributed by atoms with Gasteiger partial charge in [0.1, 0.15) is 12.2 Å². The van der Waals surface area contributed by atoms with Crippen LogP contribution in [-0.2, 0) is 34.6 Å². The molecule has 212 valence electrons. The highest BCUT2D eigenvalue weighted by atomic mass is 31.2. The third-order valence-corrected chi connectivity index (χ3v) is 9.33. The minimum atomic E-state index is -3.64. The minimum absolute atomic E-state index is 0.128. The molecular weight excluding hydrogens is 517 g/mol. The maximum atomic E-state index is 14.2. The molecule has 2 aromatic rings. The molecule has 1 fully saturated rings. The number of aliphatic carboxylic acids is 1. The van der Waals surface area contributed by atoms with Crippen molar-refractivity contribution in [2.75, 3.05) is 18.9 Å². The highest BCUT2D eigenvalue weighted by Gasteiger charge is 2.43. The van der Waals surface area contributed by atoms with Crippen molar-refractivity contribution in [3.63, 3.8) is 0 Å². The number of unbranched alkanes of at least 4 members (excludes halogenated alkanes) is 1. The van der Waals surface area contributed by atoms with Crippen LogP contribution in [-0.4, -0.2) is 59.1 Å². The summed E-state index contributed by atoms with van der Waals surface area (Å²) in [6.45, 7) is 5.47. The zero-order chi connectivity index (χ0) is 28.4. The van der Waals surface area contributed by atoms with E-state index in [1.54, 1.807) is 20.8 Å². The topological polar surface area (TPSA) is 110 Å². The summed E-state index contributed by atoms with van der Waals surface area (Å²) < 4.78 is 25.6. The molecule has 1 heterocycles. The number of aryl methyl sites for hydroxylation is 1. The van der Waals surface area contributed by atoms with Crippen molar-refractivity contribution >= 4 is 25.2 Å². The fourth-order valence-corrected chi connectivity index (χ4v) is 7.09. The molecule has 39 heavy (non-hydrogen) atoms. The number of carbonyl (C=O) groups excluding carboxylic acids is 2. The quantitative estimate of drug-likeness (QED) is 0.137. The summed E-state index contributed by atoms with van der Waals surface area (Å²) in [6.07, 6.45) is 1.14. The summed E-state index contributed by atoms with van der Waals surface area (Å²) >= 11 is 0. The molecule has 0 radical (unpaired) electrons. The lowest BCUT2D eigenvalue weighted by atomic mass is 9.96. The second-order valence-electron chi connectivity index (χ2n) is 10.4. The van der Waals surface area contributed by atoms with Gasteiger partial charge in [0, 0.05) is 31.0 Å². The summed E-state index contributed by atoms with van der Waals surface area (Å²) in [7, 11) is -3.64. The first-order chi connectivity index (χ1) is 18.6. The Morgan fingerprint density at radius 3 is 2.26 bits per heavy atom. The summed E-state index contributed by atoms with van der Waals surface area (Å²) in [5.74, 6) is -2.49. The normalized spacial score (nSPS) is 19.4. The smallest absolute Gasteiger partial charge is 0.326 e. The predicted molar refractivity (Wildman–Crippen MR) is 150 cm³/mol. The Morgan fingerprint density at radius 2 is 1.67 bits per heavy atom. The van der Waals surface area contributed by atoms with Crippen molar-refractivity contribution in [3.05, 3.63) is 71.8 Å². The van der Waals surface area contributed by atoms with E-state index in [1.165, 1.54) is 4.90 Å². The number of likely N-dealkylation sites (tertiary alicyclic amines) is 1. The third-order valence-electron chi connectivity index (χ3n) is 6.99. The van der Waals surface area contributed by atoms with Crippen molar-refractivity contribution in [2.45, 2.75) is 71.1 Å². The Balaban J connectivity index is 1.76. The molecule has 2 unspecified atom stereocenters. The Bertz CT molecular complexity index is 1140. The largest absolute Gasteiger partial charge is 0.480 e. The van der Waals surface area contributed by atoms with Crippen molar-refractivity contribution < 1.29 is 33.3 Å². The molecule has 1 amide bonds. The fourth-order valence-electron chi connectivity index (χ4n) is 4.79. The highest BCUT2D eigenvalue weighted by molar-refractivity contribution is 7.59. The summed E-state index contributed by atoms with van der Waals surface area (Å²) in [4.78, 5) is 39.0. The van der Waals surface area contributed by atoms with E-state index < -0.39 is 43.7 Å². The first kappa shape index (κ1) is 30.6. The van der Waals surface area contributed by atoms with Crippen LogP contribution >= 0.6 is 7.37 Å². The van der Waals surface area contributed by atoms with Crippen LogP contribution in [0.25, 0.3) is 0 Å². The monoisotopic (exact) mass is 557 g/mol. The first-order valence-corrected chi connectivity index (χ1v) is 15.7. The molecule has 0 aliphatic carbocycles. The molecule has 1 saturated heterocycles. The average Bonchev–Trinajstić information content (AvgIpc) is 3.38. The number of esters is 1. The van der Waals surface area contributed by atoms with Gasteiger partial charge in [-0.15, -0.1) is 0 Å². The minimum Gasteiger partial charge on any atom is -0.480 e. The Kier molecular flexibility index (Phi) is 11.3. The molecule has 1 aliphatic heterocycles. The van der Waals surface area contributed by atoms with Crippen LogP contribution in [0.1, 0.15) is 63.5 Å². The van der Waals surface area contributed by atoms with Gasteiger partial charge in [-0.2, -0.15) is 0 Å². The second-order valence-corrected chi connectivity index (χ2v) is 13.0. The number of carbonyl (C=O) groups is 3. The predicted octanol–water partition coefficient (Wildman–Crippen LogP) is 5.71. The van der Waals surface area contributed by atoms with Gasteiger partial charge in [-0.1, -0.05) is 81.4 Å². The highest BCUT2D eigenvalue weighted by Crippen LogP contribution is 2.51. The third kappa shape index (κ3) is 9.04. The van der Waals surface area contributed by atoms with Crippen molar-refractivity contribution in [1.29, 1.82) is 0 Å². The fraction of sp³-hybridized carbons (Fsp3) is 0.500. The van der Waals surface area contributed by atoms with Crippen LogP contribution in [0.4, 0.5) is 0 Å². The SMILES string of the molecule is CCC(=O)OC(OP(=O)(CCCCc1ccccc1)CC(=O)N1C[C@H](c2ccccc2)C[C@H]1C(=O)O)C(C)C. The number of ether oxygens (including phenoxy) is 1. The lowest BCUT2D eigenvalue weighted by molar-refractivity contribution is -0.169. The Labute approximate surface area is 231 Å². The molecular formula is C30H40NO7P. The van der Waals surface area contributed by atoms with E-state index in [0.29, 0.717) is 6.42 Å². The van der Waals surface area contributed by atoms with Gasteiger partial charge in [0.15, 0.2) is 0 Å². The van der Waals surface area contributed by atoms with Crippen LogP contribution in [0.5, 0.6) is 0 Å². The van der Waals surface area contributed by atoms with Crippen molar-refractivity contribution in [1.82, 2.24) is 4.90 Å². The molecule has 0 aromatic heterocycles. The number of rotatable bonds is 14. The van der Waals surface area contributed by atoms with Crippen LogP contribution in [0.15, 0.2) is 60.7 Å². The zero-order valence-electron chi connectivity index (χ0n) is 23.0. The molecule has 0 bridgehead atoms. The maximum Gasteiger partial charge on any atom is 0.326 e. The van der Waals surface area contributed by atoms with Gasteiger partial charge in [0.25, 0.3) is 0 Å². The summed E-state index contributed by atoms with van der Waals surface area (Å²) in [6, 6.07) is 18.4. The van der Waals surface area contributed by atoms with Crippen LogP contribution in [0, 0.1) is 5.92 Å². The van der Waals surface area contributed by atoms with Gasteiger partial charge in [-0.25, -0.2) is 4.79 Å². The summed E-state index contributed by atoms with van der Waals surface area (Å²) in [5.41, 5.74) is 2.13. The molecule has 1 aliphatic rings. The summed E-state index contributed by atoms with van der Waals surface area (Å²) in [5, 5.41) is 9.87. The van der Waals surface area contributed by atoms with Crippen LogP contribution < -0.4 is 0 Å². The number of hydrogen-bond donors (Lipinski definition) is 1. The van der Waals surface area contributed by atoms with Gasteiger partial charge in [-0.05, 0) is 36.8 Å². The van der Waals surface area contributed by atoms with Crippen molar-refractivity contribution in [2.24, 2.45) is 5.92 Å². The van der Waals surface area contributed by atoms with E-state index >= 15 is 0 Å². The van der Waals surface area contributed by atoms with Crippen LogP contribution in [0.2, 0.25) is 0 Å². The molecule has 0 spiro atoms. The van der Waals surface area contributed by atoms with E-state index in [-0.39, 0.29) is 37.4 Å². The molecule has 3 rings (SSSR count). The van der Waals surface area contributed by atoms with Gasteiger partial charge in [-0.3, -0.25) is 18.7 Å². The molecule has 4 atom stereocenters. The number of carboxylic acid groups (broad SMARTS) is 1. The van der Waals surface area contributed by atoms with E-state index in [1.807, 2.05) is 60.7 Å². The Hall–Kier alpha value is -2.96. The first-order valence-electron chi connectivity index (χ1n) is 13.7. The van der Waals surface area contributed by atoms with E-state index in [2.05, 4.69) is 0 Å². The van der Waals surface area contributed by atoms with Gasteiger partial charge < -0.3 is 14.7 Å². The molecule has 8 nitrogen and oxygen atoms in total.